The first kappa shape index (κ1) is 20.6. The standard InChI is InChI=1S/C20H26N6O.HI/c1-21-20(22-11-15-9-16-5-3-4-6-17(16)10-15)25-7-8-26(19(27)14-25)18-12-23-24(2)13-18;/h3-6,12-13,15H,7-11,14H2,1-2H3,(H,21,22);1H. The summed E-state index contributed by atoms with van der Waals surface area (Å²) in [6.45, 7) is 2.60. The predicted octanol–water partition coefficient (Wildman–Crippen LogP) is 1.68. The fourth-order valence-corrected chi connectivity index (χ4v) is 4.04. The van der Waals surface area contributed by atoms with Crippen molar-refractivity contribution in [1.82, 2.24) is 20.0 Å². The molecular formula is C20H27IN6O. The highest BCUT2D eigenvalue weighted by Crippen LogP contribution is 2.26. The third-order valence-electron chi connectivity index (χ3n) is 5.42. The molecule has 0 unspecified atom stereocenters. The summed E-state index contributed by atoms with van der Waals surface area (Å²) < 4.78 is 1.72. The second-order valence-electron chi connectivity index (χ2n) is 7.31. The highest BCUT2D eigenvalue weighted by Gasteiger charge is 2.28. The van der Waals surface area contributed by atoms with Gasteiger partial charge in [-0.3, -0.25) is 14.5 Å². The Morgan fingerprint density at radius 3 is 2.54 bits per heavy atom. The third kappa shape index (κ3) is 4.31. The lowest BCUT2D eigenvalue weighted by Gasteiger charge is -2.35. The van der Waals surface area contributed by atoms with Crippen LogP contribution in [-0.2, 0) is 24.7 Å². The van der Waals surface area contributed by atoms with Crippen LogP contribution in [0.3, 0.4) is 0 Å². The topological polar surface area (TPSA) is 65.8 Å². The molecule has 2 aromatic rings. The van der Waals surface area contributed by atoms with Gasteiger partial charge >= 0.3 is 0 Å². The van der Waals surface area contributed by atoms with Crippen LogP contribution in [0.1, 0.15) is 11.1 Å². The van der Waals surface area contributed by atoms with Crippen LogP contribution in [0.5, 0.6) is 0 Å². The predicted molar refractivity (Wildman–Crippen MR) is 121 cm³/mol. The molecule has 1 aromatic carbocycles. The first-order chi connectivity index (χ1) is 13.1. The number of nitrogens with zero attached hydrogens (tertiary/aromatic N) is 5. The normalized spacial score (nSPS) is 17.5. The second-order valence-corrected chi connectivity index (χ2v) is 7.31. The molecule has 1 aromatic heterocycles. The van der Waals surface area contributed by atoms with Crippen LogP contribution in [0.15, 0.2) is 41.7 Å². The van der Waals surface area contributed by atoms with E-state index in [1.54, 1.807) is 22.8 Å². The maximum absolute atomic E-state index is 12.6. The van der Waals surface area contributed by atoms with Gasteiger partial charge in [0.05, 0.1) is 11.9 Å². The highest BCUT2D eigenvalue weighted by molar-refractivity contribution is 14.0. The van der Waals surface area contributed by atoms with Crippen LogP contribution >= 0.6 is 24.0 Å². The number of nitrogens with one attached hydrogen (secondary N) is 1. The van der Waals surface area contributed by atoms with Gasteiger partial charge < -0.3 is 15.1 Å². The number of rotatable bonds is 3. The molecule has 8 heteroatoms. The third-order valence-corrected chi connectivity index (χ3v) is 5.42. The summed E-state index contributed by atoms with van der Waals surface area (Å²) >= 11 is 0. The average Bonchev–Trinajstić information content (AvgIpc) is 3.28. The van der Waals surface area contributed by atoms with E-state index in [2.05, 4.69) is 39.7 Å². The van der Waals surface area contributed by atoms with Crippen molar-refractivity contribution in [1.29, 1.82) is 0 Å². The maximum Gasteiger partial charge on any atom is 0.246 e. The number of aliphatic imine (C=N–C) groups is 1. The van der Waals surface area contributed by atoms with Crippen molar-refractivity contribution in [3.8, 4) is 0 Å². The van der Waals surface area contributed by atoms with Crippen molar-refractivity contribution in [2.45, 2.75) is 12.8 Å². The lowest BCUT2D eigenvalue weighted by Crippen LogP contribution is -2.55. The molecule has 1 aliphatic heterocycles. The molecule has 4 rings (SSSR count). The number of amides is 1. The van der Waals surface area contributed by atoms with Gasteiger partial charge in [0.15, 0.2) is 5.96 Å². The summed E-state index contributed by atoms with van der Waals surface area (Å²) in [5, 5.41) is 7.64. The number of carbonyl (C=O) groups excluding carboxylic acids is 1. The van der Waals surface area contributed by atoms with Crippen molar-refractivity contribution in [3.63, 3.8) is 0 Å². The minimum atomic E-state index is 0. The van der Waals surface area contributed by atoms with E-state index < -0.39 is 0 Å². The van der Waals surface area contributed by atoms with Crippen LogP contribution < -0.4 is 10.2 Å². The van der Waals surface area contributed by atoms with Crippen LogP contribution in [0.25, 0.3) is 0 Å². The van der Waals surface area contributed by atoms with Crippen LogP contribution in [0.4, 0.5) is 5.69 Å². The van der Waals surface area contributed by atoms with Crippen molar-refractivity contribution in [2.75, 3.05) is 38.1 Å². The quantitative estimate of drug-likeness (QED) is 0.401. The van der Waals surface area contributed by atoms with E-state index in [0.717, 1.165) is 37.6 Å². The molecule has 0 radical (unpaired) electrons. The Labute approximate surface area is 182 Å². The molecular weight excluding hydrogens is 467 g/mol. The van der Waals surface area contributed by atoms with Crippen LogP contribution in [0.2, 0.25) is 0 Å². The monoisotopic (exact) mass is 494 g/mol. The van der Waals surface area contributed by atoms with Gasteiger partial charge in [-0.1, -0.05) is 24.3 Å². The van der Waals surface area contributed by atoms with Gasteiger partial charge in [-0.2, -0.15) is 5.10 Å². The lowest BCUT2D eigenvalue weighted by molar-refractivity contribution is -0.120. The van der Waals surface area contributed by atoms with Gasteiger partial charge in [0.1, 0.15) is 6.54 Å². The van der Waals surface area contributed by atoms with E-state index in [1.165, 1.54) is 11.1 Å². The molecule has 1 saturated heterocycles. The number of hydrogen-bond acceptors (Lipinski definition) is 3. The number of carbonyl (C=O) groups is 1. The molecule has 2 heterocycles. The molecule has 28 heavy (non-hydrogen) atoms. The Morgan fingerprint density at radius 2 is 1.96 bits per heavy atom. The summed E-state index contributed by atoms with van der Waals surface area (Å²) in [4.78, 5) is 20.8. The molecule has 1 N–H and O–H groups in total. The Bertz CT molecular complexity index is 839. The minimum Gasteiger partial charge on any atom is -0.356 e. The van der Waals surface area contributed by atoms with E-state index >= 15 is 0 Å². The summed E-state index contributed by atoms with van der Waals surface area (Å²) in [6, 6.07) is 8.67. The zero-order valence-electron chi connectivity index (χ0n) is 16.3. The average molecular weight is 494 g/mol. The number of guanidine groups is 1. The number of aromatic nitrogens is 2. The highest BCUT2D eigenvalue weighted by atomic mass is 127. The molecule has 1 amide bonds. The van der Waals surface area contributed by atoms with Crippen molar-refractivity contribution < 1.29 is 4.79 Å². The number of piperazine rings is 1. The number of fused-ring (bicyclic) bond motifs is 1. The van der Waals surface area contributed by atoms with E-state index in [4.69, 9.17) is 0 Å². The van der Waals surface area contributed by atoms with Crippen LogP contribution in [-0.4, -0.2) is 59.8 Å². The Hall–Kier alpha value is -2.10. The first-order valence-electron chi connectivity index (χ1n) is 9.45. The molecule has 0 bridgehead atoms. The van der Waals surface area contributed by atoms with E-state index in [1.807, 2.05) is 18.1 Å². The molecule has 7 nitrogen and oxygen atoms in total. The number of aryl methyl sites for hydroxylation is 1. The van der Waals surface area contributed by atoms with E-state index in [9.17, 15) is 4.79 Å². The first-order valence-corrected chi connectivity index (χ1v) is 9.45. The van der Waals surface area contributed by atoms with Crippen LogP contribution in [0, 0.1) is 5.92 Å². The smallest absolute Gasteiger partial charge is 0.246 e. The summed E-state index contributed by atoms with van der Waals surface area (Å²) in [5.41, 5.74) is 3.77. The Kier molecular flexibility index (Phi) is 6.58. The lowest BCUT2D eigenvalue weighted by atomic mass is 10.1. The van der Waals surface area contributed by atoms with Gasteiger partial charge in [-0.15, -0.1) is 24.0 Å². The SMILES string of the molecule is CN=C(NCC1Cc2ccccc2C1)N1CCN(c2cnn(C)c2)C(=O)C1.I. The molecule has 1 fully saturated rings. The molecule has 1 aliphatic carbocycles. The van der Waals surface area contributed by atoms with Crippen molar-refractivity contribution in [2.24, 2.45) is 18.0 Å². The summed E-state index contributed by atoms with van der Waals surface area (Å²) in [7, 11) is 3.64. The Balaban J connectivity index is 0.00000225. The molecule has 0 saturated carbocycles. The fraction of sp³-hybridized carbons (Fsp3) is 0.450. The number of anilines is 1. The zero-order valence-corrected chi connectivity index (χ0v) is 18.7. The molecule has 2 aliphatic rings. The fourth-order valence-electron chi connectivity index (χ4n) is 4.04. The van der Waals surface area contributed by atoms with Gasteiger partial charge in [0, 0.05) is 39.9 Å². The van der Waals surface area contributed by atoms with Crippen molar-refractivity contribution in [3.05, 3.63) is 47.8 Å². The van der Waals surface area contributed by atoms with Gasteiger partial charge in [-0.05, 0) is 29.9 Å². The number of hydrogen-bond donors (Lipinski definition) is 1. The Morgan fingerprint density at radius 1 is 1.25 bits per heavy atom. The zero-order chi connectivity index (χ0) is 18.8. The molecule has 0 spiro atoms. The second kappa shape index (κ2) is 8.93. The summed E-state index contributed by atoms with van der Waals surface area (Å²) in [5.74, 6) is 1.46. The van der Waals surface area contributed by atoms with Crippen molar-refractivity contribution >= 4 is 41.5 Å². The summed E-state index contributed by atoms with van der Waals surface area (Å²) in [6.07, 6.45) is 5.82. The van der Waals surface area contributed by atoms with Gasteiger partial charge in [0.25, 0.3) is 0 Å². The largest absolute Gasteiger partial charge is 0.356 e. The van der Waals surface area contributed by atoms with E-state index in [-0.39, 0.29) is 29.9 Å². The number of benzene rings is 1. The van der Waals surface area contributed by atoms with Gasteiger partial charge in [0.2, 0.25) is 5.91 Å². The van der Waals surface area contributed by atoms with Gasteiger partial charge in [-0.25, -0.2) is 0 Å². The molecule has 150 valence electrons. The maximum atomic E-state index is 12.6. The number of halogens is 1. The van der Waals surface area contributed by atoms with E-state index in [0.29, 0.717) is 19.0 Å². The molecule has 0 atom stereocenters. The minimum absolute atomic E-state index is 0.